The van der Waals surface area contributed by atoms with Gasteiger partial charge in [0.1, 0.15) is 0 Å². The number of aliphatic hydroxyl groups excluding tert-OH is 2. The molecule has 1 heterocycles. The van der Waals surface area contributed by atoms with Crippen LogP contribution in [0.2, 0.25) is 0 Å². The zero-order chi connectivity index (χ0) is 10.2. The summed E-state index contributed by atoms with van der Waals surface area (Å²) in [5.41, 5.74) is 0. The van der Waals surface area contributed by atoms with Gasteiger partial charge in [0.25, 0.3) is 0 Å². The van der Waals surface area contributed by atoms with Crippen molar-refractivity contribution < 1.29 is 18.6 Å². The van der Waals surface area contributed by atoms with Gasteiger partial charge in [0, 0.05) is 13.1 Å². The lowest BCUT2D eigenvalue weighted by Gasteiger charge is -2.17. The molecule has 5 nitrogen and oxygen atoms in total. The van der Waals surface area contributed by atoms with Gasteiger partial charge in [0.05, 0.1) is 17.5 Å². The number of sulfonamides is 1. The number of hydrogen-bond donors (Lipinski definition) is 2. The van der Waals surface area contributed by atoms with Gasteiger partial charge in [0.2, 0.25) is 10.0 Å². The van der Waals surface area contributed by atoms with Gasteiger partial charge >= 0.3 is 0 Å². The molecule has 2 N–H and O–H groups in total. The first-order valence-corrected chi connectivity index (χ1v) is 5.71. The molecule has 6 heteroatoms. The van der Waals surface area contributed by atoms with Gasteiger partial charge in [-0.3, -0.25) is 0 Å². The van der Waals surface area contributed by atoms with Crippen LogP contribution in [-0.2, 0) is 10.0 Å². The number of aliphatic hydroxyl groups is 2. The topological polar surface area (TPSA) is 77.8 Å². The van der Waals surface area contributed by atoms with Crippen LogP contribution in [0.25, 0.3) is 0 Å². The van der Waals surface area contributed by atoms with Crippen molar-refractivity contribution in [1.29, 1.82) is 0 Å². The maximum absolute atomic E-state index is 11.5. The van der Waals surface area contributed by atoms with Crippen LogP contribution in [0.4, 0.5) is 0 Å². The van der Waals surface area contributed by atoms with Crippen molar-refractivity contribution in [3.05, 3.63) is 0 Å². The van der Waals surface area contributed by atoms with Crippen molar-refractivity contribution in [2.24, 2.45) is 0 Å². The van der Waals surface area contributed by atoms with Gasteiger partial charge in [0.15, 0.2) is 0 Å². The molecule has 2 atom stereocenters. The molecule has 0 aromatic carbocycles. The smallest absolute Gasteiger partial charge is 0.216 e. The fourth-order valence-electron chi connectivity index (χ4n) is 1.24. The number of nitrogens with zero attached hydrogens (tertiary/aromatic N) is 1. The molecule has 0 aromatic heterocycles. The quantitative estimate of drug-likeness (QED) is 0.596. The lowest BCUT2D eigenvalue weighted by atomic mass is 10.3. The first kappa shape index (κ1) is 10.9. The van der Waals surface area contributed by atoms with Crippen LogP contribution in [0.5, 0.6) is 0 Å². The Bertz CT molecular complexity index is 264. The Labute approximate surface area is 78.0 Å². The van der Waals surface area contributed by atoms with E-state index >= 15 is 0 Å². The summed E-state index contributed by atoms with van der Waals surface area (Å²) in [5.74, 6) is 0. The highest BCUT2D eigenvalue weighted by Gasteiger charge is 2.37. The molecule has 0 saturated carbocycles. The first-order chi connectivity index (χ1) is 5.85. The summed E-state index contributed by atoms with van der Waals surface area (Å²) >= 11 is 0. The fourth-order valence-corrected chi connectivity index (χ4v) is 2.56. The fraction of sp³-hybridized carbons (Fsp3) is 1.00. The molecule has 0 aliphatic carbocycles. The third-order valence-electron chi connectivity index (χ3n) is 2.18. The van der Waals surface area contributed by atoms with E-state index in [1.54, 1.807) is 13.8 Å². The van der Waals surface area contributed by atoms with E-state index in [1.807, 2.05) is 0 Å². The van der Waals surface area contributed by atoms with Gasteiger partial charge < -0.3 is 10.2 Å². The van der Waals surface area contributed by atoms with Crippen LogP contribution < -0.4 is 0 Å². The number of hydrogen-bond acceptors (Lipinski definition) is 4. The molecule has 1 saturated heterocycles. The Hall–Kier alpha value is -0.170. The normalized spacial score (nSPS) is 31.5. The highest BCUT2D eigenvalue weighted by Crippen LogP contribution is 2.17. The van der Waals surface area contributed by atoms with Crippen molar-refractivity contribution in [3.8, 4) is 0 Å². The van der Waals surface area contributed by atoms with Gasteiger partial charge in [-0.25, -0.2) is 8.42 Å². The molecule has 0 aromatic rings. The minimum atomic E-state index is -3.33. The average molecular weight is 209 g/mol. The van der Waals surface area contributed by atoms with Crippen LogP contribution in [0.15, 0.2) is 0 Å². The molecule has 0 bridgehead atoms. The van der Waals surface area contributed by atoms with Gasteiger partial charge in [-0.1, -0.05) is 0 Å². The molecular formula is C7H15NO4S. The molecule has 1 aliphatic heterocycles. The Morgan fingerprint density at radius 2 is 1.62 bits per heavy atom. The molecule has 0 radical (unpaired) electrons. The summed E-state index contributed by atoms with van der Waals surface area (Å²) in [7, 11) is -3.33. The molecule has 78 valence electrons. The third-order valence-corrected chi connectivity index (χ3v) is 4.39. The van der Waals surface area contributed by atoms with Gasteiger partial charge in [-0.15, -0.1) is 0 Å². The highest BCUT2D eigenvalue weighted by molar-refractivity contribution is 7.89. The summed E-state index contributed by atoms with van der Waals surface area (Å²) in [4.78, 5) is 0. The average Bonchev–Trinajstić information content (AvgIpc) is 2.32. The summed E-state index contributed by atoms with van der Waals surface area (Å²) in [5, 5.41) is 17.8. The zero-order valence-electron chi connectivity index (χ0n) is 7.71. The van der Waals surface area contributed by atoms with Crippen LogP contribution in [-0.4, -0.2) is 53.5 Å². The van der Waals surface area contributed by atoms with Crippen LogP contribution in [0, 0.1) is 0 Å². The number of rotatable bonds is 2. The van der Waals surface area contributed by atoms with Crippen molar-refractivity contribution in [1.82, 2.24) is 4.31 Å². The summed E-state index contributed by atoms with van der Waals surface area (Å²) < 4.78 is 24.2. The molecule has 1 aliphatic rings. The Kier molecular flexibility index (Phi) is 2.96. The van der Waals surface area contributed by atoms with Crippen LogP contribution >= 0.6 is 0 Å². The Morgan fingerprint density at radius 3 is 1.92 bits per heavy atom. The monoisotopic (exact) mass is 209 g/mol. The van der Waals surface area contributed by atoms with Gasteiger partial charge in [-0.05, 0) is 13.8 Å². The lowest BCUT2D eigenvalue weighted by Crippen LogP contribution is -2.35. The molecule has 13 heavy (non-hydrogen) atoms. The van der Waals surface area contributed by atoms with E-state index in [1.165, 1.54) is 0 Å². The predicted molar refractivity (Wildman–Crippen MR) is 47.6 cm³/mol. The minimum absolute atomic E-state index is 0.00167. The largest absolute Gasteiger partial charge is 0.389 e. The molecule has 1 fully saturated rings. The Balaban J connectivity index is 2.77. The summed E-state index contributed by atoms with van der Waals surface area (Å²) in [6.07, 6.45) is -1.90. The van der Waals surface area contributed by atoms with Crippen molar-refractivity contribution in [2.45, 2.75) is 31.3 Å². The second kappa shape index (κ2) is 3.53. The van der Waals surface area contributed by atoms with Gasteiger partial charge in [-0.2, -0.15) is 4.31 Å². The standard InChI is InChI=1S/C7H15NO4S/c1-5(2)13(11,12)8-3-6(9)7(10)4-8/h5-7,9-10H,3-4H2,1-2H3. The maximum Gasteiger partial charge on any atom is 0.216 e. The van der Waals surface area contributed by atoms with E-state index in [2.05, 4.69) is 0 Å². The van der Waals surface area contributed by atoms with Crippen molar-refractivity contribution in [2.75, 3.05) is 13.1 Å². The maximum atomic E-state index is 11.5. The van der Waals surface area contributed by atoms with Crippen molar-refractivity contribution in [3.63, 3.8) is 0 Å². The second-order valence-electron chi connectivity index (χ2n) is 3.55. The van der Waals surface area contributed by atoms with Crippen molar-refractivity contribution >= 4 is 10.0 Å². The van der Waals surface area contributed by atoms with E-state index < -0.39 is 27.5 Å². The molecule has 0 spiro atoms. The van der Waals surface area contributed by atoms with E-state index in [9.17, 15) is 8.42 Å². The van der Waals surface area contributed by atoms with Crippen LogP contribution in [0.1, 0.15) is 13.8 Å². The molecule has 0 amide bonds. The predicted octanol–water partition coefficient (Wildman–Crippen LogP) is -1.24. The zero-order valence-corrected chi connectivity index (χ0v) is 8.53. The van der Waals surface area contributed by atoms with Crippen LogP contribution in [0.3, 0.4) is 0 Å². The highest BCUT2D eigenvalue weighted by atomic mass is 32.2. The second-order valence-corrected chi connectivity index (χ2v) is 6.03. The summed E-state index contributed by atoms with van der Waals surface area (Å²) in [6.45, 7) is 3.15. The molecule has 1 rings (SSSR count). The van der Waals surface area contributed by atoms with E-state index in [4.69, 9.17) is 10.2 Å². The SMILES string of the molecule is CC(C)S(=O)(=O)N1CC(O)C(O)C1. The van der Waals surface area contributed by atoms with E-state index in [-0.39, 0.29) is 13.1 Å². The number of β-amino-alcohol motifs (C(OH)–C–C–N with tert-alkyl or cyclic N) is 2. The van der Waals surface area contributed by atoms with E-state index in [0.717, 1.165) is 4.31 Å². The molecule has 2 unspecified atom stereocenters. The minimum Gasteiger partial charge on any atom is -0.389 e. The summed E-state index contributed by atoms with van der Waals surface area (Å²) in [6, 6.07) is 0. The lowest BCUT2D eigenvalue weighted by molar-refractivity contribution is 0.0572. The Morgan fingerprint density at radius 1 is 1.23 bits per heavy atom. The third kappa shape index (κ3) is 2.01. The first-order valence-electron chi connectivity index (χ1n) is 4.20. The van der Waals surface area contributed by atoms with E-state index in [0.29, 0.717) is 0 Å². The molecular weight excluding hydrogens is 194 g/mol.